The Morgan fingerprint density at radius 1 is 1.38 bits per heavy atom. The van der Waals surface area contributed by atoms with Crippen LogP contribution in [0.15, 0.2) is 18.2 Å². The molecule has 86 valence electrons. The lowest BCUT2D eigenvalue weighted by atomic mass is 9.95. The van der Waals surface area contributed by atoms with Crippen molar-refractivity contribution < 1.29 is 4.79 Å². The van der Waals surface area contributed by atoms with Gasteiger partial charge in [-0.2, -0.15) is 0 Å². The SMILES string of the molecule is Cc1ccc(C2C(N)CC(=O)N2C)c(C)c1. The largest absolute Gasteiger partial charge is 0.337 e. The Balaban J connectivity index is 2.40. The Morgan fingerprint density at radius 2 is 2.06 bits per heavy atom. The van der Waals surface area contributed by atoms with Crippen LogP contribution in [0, 0.1) is 13.8 Å². The molecule has 1 heterocycles. The van der Waals surface area contributed by atoms with E-state index in [-0.39, 0.29) is 18.0 Å². The van der Waals surface area contributed by atoms with Gasteiger partial charge in [0.1, 0.15) is 0 Å². The second-order valence-electron chi connectivity index (χ2n) is 4.68. The molecule has 1 fully saturated rings. The summed E-state index contributed by atoms with van der Waals surface area (Å²) in [6.07, 6.45) is 0.453. The maximum atomic E-state index is 11.6. The summed E-state index contributed by atoms with van der Waals surface area (Å²) in [6.45, 7) is 4.14. The first-order valence-electron chi connectivity index (χ1n) is 5.59. The predicted molar refractivity (Wildman–Crippen MR) is 64.0 cm³/mol. The van der Waals surface area contributed by atoms with Gasteiger partial charge in [0.2, 0.25) is 5.91 Å². The third kappa shape index (κ3) is 1.71. The van der Waals surface area contributed by atoms with Gasteiger partial charge in [0.15, 0.2) is 0 Å². The monoisotopic (exact) mass is 218 g/mol. The van der Waals surface area contributed by atoms with E-state index >= 15 is 0 Å². The molecule has 1 aliphatic heterocycles. The highest BCUT2D eigenvalue weighted by Gasteiger charge is 2.36. The molecule has 0 radical (unpaired) electrons. The highest BCUT2D eigenvalue weighted by molar-refractivity contribution is 5.80. The van der Waals surface area contributed by atoms with Gasteiger partial charge in [0.05, 0.1) is 6.04 Å². The van der Waals surface area contributed by atoms with Crippen LogP contribution in [0.25, 0.3) is 0 Å². The first-order valence-corrected chi connectivity index (χ1v) is 5.59. The Morgan fingerprint density at radius 3 is 2.56 bits per heavy atom. The number of carbonyl (C=O) groups is 1. The normalized spacial score (nSPS) is 25.2. The van der Waals surface area contributed by atoms with Crippen molar-refractivity contribution in [3.63, 3.8) is 0 Å². The average Bonchev–Trinajstić information content (AvgIpc) is 2.43. The standard InChI is InChI=1S/C13H18N2O/c1-8-4-5-10(9(2)6-8)13-11(14)7-12(16)15(13)3/h4-6,11,13H,7,14H2,1-3H3. The van der Waals surface area contributed by atoms with Gasteiger partial charge in [0, 0.05) is 19.5 Å². The van der Waals surface area contributed by atoms with Crippen LogP contribution in [0.4, 0.5) is 0 Å². The molecule has 2 rings (SSSR count). The second kappa shape index (κ2) is 3.91. The highest BCUT2D eigenvalue weighted by atomic mass is 16.2. The molecule has 1 amide bonds. The number of likely N-dealkylation sites (N-methyl/N-ethyl adjacent to an activating group) is 1. The lowest BCUT2D eigenvalue weighted by Crippen LogP contribution is -2.30. The fourth-order valence-electron chi connectivity index (χ4n) is 2.50. The molecule has 2 N–H and O–H groups in total. The number of hydrogen-bond acceptors (Lipinski definition) is 2. The number of aryl methyl sites for hydroxylation is 2. The number of nitrogens with two attached hydrogens (primary N) is 1. The first-order chi connectivity index (χ1) is 7.50. The van der Waals surface area contributed by atoms with Crippen molar-refractivity contribution >= 4 is 5.91 Å². The number of carbonyl (C=O) groups excluding carboxylic acids is 1. The molecule has 0 bridgehead atoms. The molecule has 1 saturated heterocycles. The molecule has 1 aromatic rings. The molecule has 1 aliphatic rings. The molecule has 0 aromatic heterocycles. The van der Waals surface area contributed by atoms with E-state index in [1.807, 2.05) is 7.05 Å². The van der Waals surface area contributed by atoms with E-state index in [0.717, 1.165) is 0 Å². The van der Waals surface area contributed by atoms with Crippen LogP contribution in [-0.4, -0.2) is 23.9 Å². The first kappa shape index (κ1) is 11.1. The number of amides is 1. The van der Waals surface area contributed by atoms with Crippen molar-refractivity contribution in [2.75, 3.05) is 7.05 Å². The van der Waals surface area contributed by atoms with E-state index in [1.54, 1.807) is 4.90 Å². The van der Waals surface area contributed by atoms with Crippen molar-refractivity contribution in [1.29, 1.82) is 0 Å². The lowest BCUT2D eigenvalue weighted by molar-refractivity contribution is -0.127. The Hall–Kier alpha value is -1.35. The molecule has 1 aromatic carbocycles. The number of likely N-dealkylation sites (tertiary alicyclic amines) is 1. The predicted octanol–water partition coefficient (Wildman–Crippen LogP) is 1.53. The van der Waals surface area contributed by atoms with Crippen LogP contribution < -0.4 is 5.73 Å². The number of benzene rings is 1. The number of rotatable bonds is 1. The van der Waals surface area contributed by atoms with E-state index in [1.165, 1.54) is 16.7 Å². The molecule has 0 aliphatic carbocycles. The van der Waals surface area contributed by atoms with Crippen LogP contribution >= 0.6 is 0 Å². The molecule has 16 heavy (non-hydrogen) atoms. The van der Waals surface area contributed by atoms with Gasteiger partial charge in [-0.25, -0.2) is 0 Å². The minimum absolute atomic E-state index is 0.0353. The number of nitrogens with zero attached hydrogens (tertiary/aromatic N) is 1. The second-order valence-corrected chi connectivity index (χ2v) is 4.68. The quantitative estimate of drug-likeness (QED) is 0.777. The average molecular weight is 218 g/mol. The van der Waals surface area contributed by atoms with Crippen LogP contribution in [0.3, 0.4) is 0 Å². The maximum Gasteiger partial charge on any atom is 0.224 e. The summed E-state index contributed by atoms with van der Waals surface area (Å²) < 4.78 is 0. The van der Waals surface area contributed by atoms with Gasteiger partial charge in [-0.05, 0) is 25.0 Å². The molecule has 3 heteroatoms. The van der Waals surface area contributed by atoms with Crippen molar-refractivity contribution in [3.8, 4) is 0 Å². The third-order valence-corrected chi connectivity index (χ3v) is 3.37. The van der Waals surface area contributed by atoms with Crippen molar-refractivity contribution in [3.05, 3.63) is 34.9 Å². The zero-order chi connectivity index (χ0) is 11.9. The van der Waals surface area contributed by atoms with E-state index in [9.17, 15) is 4.79 Å². The molecule has 0 spiro atoms. The summed E-state index contributed by atoms with van der Waals surface area (Å²) in [5, 5.41) is 0. The van der Waals surface area contributed by atoms with Gasteiger partial charge in [-0.3, -0.25) is 4.79 Å². The summed E-state index contributed by atoms with van der Waals surface area (Å²) in [5.74, 6) is 0.137. The topological polar surface area (TPSA) is 46.3 Å². The Labute approximate surface area is 96.2 Å². The zero-order valence-corrected chi connectivity index (χ0v) is 10.0. The smallest absolute Gasteiger partial charge is 0.224 e. The van der Waals surface area contributed by atoms with E-state index < -0.39 is 0 Å². The minimum atomic E-state index is -0.0843. The van der Waals surface area contributed by atoms with Gasteiger partial charge < -0.3 is 10.6 Å². The third-order valence-electron chi connectivity index (χ3n) is 3.37. The van der Waals surface area contributed by atoms with Gasteiger partial charge in [-0.15, -0.1) is 0 Å². The summed E-state index contributed by atoms with van der Waals surface area (Å²) in [5.41, 5.74) is 9.66. The van der Waals surface area contributed by atoms with Crippen LogP contribution in [0.1, 0.15) is 29.2 Å². The molecule has 3 nitrogen and oxygen atoms in total. The summed E-state index contributed by atoms with van der Waals surface area (Å²) in [6, 6.07) is 6.25. The highest BCUT2D eigenvalue weighted by Crippen LogP contribution is 2.32. The Bertz CT molecular complexity index is 428. The van der Waals surface area contributed by atoms with Crippen LogP contribution in [0.5, 0.6) is 0 Å². The Kier molecular flexibility index (Phi) is 2.72. The molecular weight excluding hydrogens is 200 g/mol. The minimum Gasteiger partial charge on any atom is -0.337 e. The van der Waals surface area contributed by atoms with Crippen molar-refractivity contribution in [1.82, 2.24) is 4.90 Å². The summed E-state index contributed by atoms with van der Waals surface area (Å²) in [4.78, 5) is 13.4. The van der Waals surface area contributed by atoms with Crippen LogP contribution in [-0.2, 0) is 4.79 Å². The lowest BCUT2D eigenvalue weighted by Gasteiger charge is -2.25. The zero-order valence-electron chi connectivity index (χ0n) is 10.0. The molecule has 0 saturated carbocycles. The van der Waals surface area contributed by atoms with E-state index in [4.69, 9.17) is 5.73 Å². The van der Waals surface area contributed by atoms with Crippen LogP contribution in [0.2, 0.25) is 0 Å². The molecular formula is C13H18N2O. The van der Waals surface area contributed by atoms with E-state index in [0.29, 0.717) is 6.42 Å². The summed E-state index contributed by atoms with van der Waals surface area (Å²) >= 11 is 0. The molecule has 2 unspecified atom stereocenters. The fourth-order valence-corrected chi connectivity index (χ4v) is 2.50. The maximum absolute atomic E-state index is 11.6. The van der Waals surface area contributed by atoms with E-state index in [2.05, 4.69) is 32.0 Å². The van der Waals surface area contributed by atoms with Crippen molar-refractivity contribution in [2.45, 2.75) is 32.4 Å². The van der Waals surface area contributed by atoms with Crippen molar-refractivity contribution in [2.24, 2.45) is 5.73 Å². The number of hydrogen-bond donors (Lipinski definition) is 1. The summed E-state index contributed by atoms with van der Waals surface area (Å²) in [7, 11) is 1.83. The molecule has 2 atom stereocenters. The fraction of sp³-hybridized carbons (Fsp3) is 0.462. The van der Waals surface area contributed by atoms with Gasteiger partial charge in [0.25, 0.3) is 0 Å². The van der Waals surface area contributed by atoms with Gasteiger partial charge in [-0.1, -0.05) is 23.8 Å². The van der Waals surface area contributed by atoms with Gasteiger partial charge >= 0.3 is 0 Å².